The van der Waals surface area contributed by atoms with Crippen molar-refractivity contribution in [2.75, 3.05) is 44.8 Å². The van der Waals surface area contributed by atoms with E-state index < -0.39 is 46.7 Å². The number of aromatic nitrogens is 2. The molecule has 5 aliphatic heterocycles. The van der Waals surface area contributed by atoms with E-state index in [0.717, 1.165) is 35.6 Å². The van der Waals surface area contributed by atoms with Crippen LogP contribution >= 0.6 is 23.3 Å². The van der Waals surface area contributed by atoms with Crippen molar-refractivity contribution >= 4 is 52.2 Å². The number of methoxy groups -OCH3 is 1. The maximum Gasteiger partial charge on any atom is 0.352 e. The second kappa shape index (κ2) is 9.94. The van der Waals surface area contributed by atoms with Crippen molar-refractivity contribution in [2.45, 2.75) is 36.8 Å². The van der Waals surface area contributed by atoms with Crippen LogP contribution in [0.4, 0.5) is 5.13 Å². The number of allylic oxidation sites excluding steroid dienone is 1. The van der Waals surface area contributed by atoms with Gasteiger partial charge in [0.15, 0.2) is 17.1 Å². The summed E-state index contributed by atoms with van der Waals surface area (Å²) in [6.45, 7) is 3.04. The molecule has 1 aromatic heterocycles. The standard InChI is InChI=1S/C23H28N6O7S2/c1-36-15(16-26-22(24)38-27-16)17(30)25-13-18(31)28-14(20(32)33)12(11-37-19(13)28)3-2-7-29-8-4-23(5-9-29,6-10-29)21(34)35/h2-3,13,15,19H,4-11H2,1H3,(H4-,24,25,26,27,30,32,33,34,35)/p+1/b3-2+/t13-,15?,19+,23?,29?/m1/s1. The number of carbonyl (C=O) groups is 4. The maximum absolute atomic E-state index is 13.0. The van der Waals surface area contributed by atoms with E-state index in [9.17, 15) is 29.4 Å². The number of aliphatic carboxylic acids is 2. The van der Waals surface area contributed by atoms with Gasteiger partial charge >= 0.3 is 11.9 Å². The molecule has 38 heavy (non-hydrogen) atoms. The van der Waals surface area contributed by atoms with E-state index >= 15 is 0 Å². The molecule has 5 aliphatic rings. The molecule has 0 aromatic carbocycles. The van der Waals surface area contributed by atoms with Crippen LogP contribution in [-0.4, -0.2) is 103 Å². The van der Waals surface area contributed by atoms with E-state index in [0.29, 0.717) is 37.1 Å². The fraction of sp³-hybridized carbons (Fsp3) is 0.565. The summed E-state index contributed by atoms with van der Waals surface area (Å²) in [5, 5.41) is 21.8. The van der Waals surface area contributed by atoms with Gasteiger partial charge in [-0.15, -0.1) is 11.8 Å². The fourth-order valence-corrected chi connectivity index (χ4v) is 7.54. The smallest absolute Gasteiger partial charge is 0.352 e. The second-order valence-electron chi connectivity index (χ2n) is 10.1. The van der Waals surface area contributed by atoms with Crippen LogP contribution in [-0.2, 0) is 23.9 Å². The van der Waals surface area contributed by atoms with E-state index in [1.54, 1.807) is 6.08 Å². The zero-order valence-electron chi connectivity index (χ0n) is 20.7. The van der Waals surface area contributed by atoms with Gasteiger partial charge in [0.05, 0.1) is 31.6 Å². The molecule has 0 aliphatic carbocycles. The SMILES string of the molecule is COC(C(=O)N[C@@H]1C(=O)N2C(C(=O)O)=C(/C=C/C[N+]34CCC(C(=O)O)(CC3)CC4)CS[C@@H]12)c1nsc(N)n1. The summed E-state index contributed by atoms with van der Waals surface area (Å²) in [6.07, 6.45) is 4.53. The Morgan fingerprint density at radius 3 is 2.53 bits per heavy atom. The molecule has 13 nitrogen and oxygen atoms in total. The number of nitrogens with two attached hydrogens (primary N) is 1. The average molecular weight is 566 g/mol. The topological polar surface area (TPSA) is 185 Å². The normalized spacial score (nSPS) is 31.2. The van der Waals surface area contributed by atoms with Crippen molar-refractivity contribution in [3.8, 4) is 0 Å². The van der Waals surface area contributed by atoms with Crippen LogP contribution in [0.5, 0.6) is 0 Å². The van der Waals surface area contributed by atoms with Crippen LogP contribution in [0.2, 0.25) is 0 Å². The van der Waals surface area contributed by atoms with Crippen molar-refractivity contribution < 1.29 is 38.6 Å². The molecular weight excluding hydrogens is 536 g/mol. The lowest BCUT2D eigenvalue weighted by molar-refractivity contribution is -0.939. The lowest BCUT2D eigenvalue weighted by atomic mass is 9.70. The Balaban J connectivity index is 1.25. The van der Waals surface area contributed by atoms with Gasteiger partial charge in [0.1, 0.15) is 17.1 Å². The molecule has 204 valence electrons. The number of nitrogens with zero attached hydrogens (tertiary/aromatic N) is 4. The van der Waals surface area contributed by atoms with E-state index in [-0.39, 0.29) is 16.7 Å². The van der Waals surface area contributed by atoms with E-state index in [1.807, 2.05) is 6.08 Å². The Labute approximate surface area is 226 Å². The molecule has 1 aromatic rings. The van der Waals surface area contributed by atoms with Crippen LogP contribution in [0.25, 0.3) is 0 Å². The number of hydrogen-bond acceptors (Lipinski definition) is 10. The first-order valence-corrected chi connectivity index (χ1v) is 14.0. The van der Waals surface area contributed by atoms with Gasteiger partial charge in [0.25, 0.3) is 11.8 Å². The summed E-state index contributed by atoms with van der Waals surface area (Å²) >= 11 is 2.30. The number of fused-ring (bicyclic) bond motifs is 4. The highest BCUT2D eigenvalue weighted by Gasteiger charge is 2.55. The summed E-state index contributed by atoms with van der Waals surface area (Å²) < 4.78 is 9.99. The van der Waals surface area contributed by atoms with Crippen molar-refractivity contribution in [1.29, 1.82) is 0 Å². The van der Waals surface area contributed by atoms with E-state index in [4.69, 9.17) is 10.5 Å². The highest BCUT2D eigenvalue weighted by molar-refractivity contribution is 8.00. The Morgan fingerprint density at radius 1 is 1.29 bits per heavy atom. The lowest BCUT2D eigenvalue weighted by Crippen LogP contribution is -2.70. The summed E-state index contributed by atoms with van der Waals surface area (Å²) in [7, 11) is 1.32. The van der Waals surface area contributed by atoms with Crippen molar-refractivity contribution in [2.24, 2.45) is 5.41 Å². The molecule has 0 spiro atoms. The van der Waals surface area contributed by atoms with Gasteiger partial charge in [-0.05, 0) is 11.6 Å². The van der Waals surface area contributed by atoms with Crippen LogP contribution in [0, 0.1) is 5.41 Å². The number of quaternary nitrogens is 1. The quantitative estimate of drug-likeness (QED) is 0.237. The number of piperidine rings is 3. The van der Waals surface area contributed by atoms with Gasteiger partial charge in [-0.3, -0.25) is 19.3 Å². The number of carboxylic acids is 2. The monoisotopic (exact) mass is 565 g/mol. The first-order chi connectivity index (χ1) is 18.1. The predicted molar refractivity (Wildman–Crippen MR) is 137 cm³/mol. The second-order valence-corrected chi connectivity index (χ2v) is 12.0. The van der Waals surface area contributed by atoms with Gasteiger partial charge in [-0.1, -0.05) is 6.08 Å². The number of nitrogen functional groups attached to an aromatic ring is 1. The molecular formula is C23H29N6O7S2+. The Hall–Kier alpha value is -3.01. The van der Waals surface area contributed by atoms with Crippen LogP contribution in [0.3, 0.4) is 0 Å². The van der Waals surface area contributed by atoms with Gasteiger partial charge in [-0.2, -0.15) is 4.37 Å². The third-order valence-corrected chi connectivity index (χ3v) is 9.98. The molecule has 0 radical (unpaired) electrons. The minimum atomic E-state index is -1.21. The molecule has 4 saturated heterocycles. The van der Waals surface area contributed by atoms with E-state index in [2.05, 4.69) is 14.7 Å². The van der Waals surface area contributed by atoms with Crippen molar-refractivity contribution in [3.05, 3.63) is 29.2 Å². The number of nitrogens with one attached hydrogen (secondary N) is 1. The molecule has 0 saturated carbocycles. The minimum absolute atomic E-state index is 0.0834. The van der Waals surface area contributed by atoms with Crippen molar-refractivity contribution in [1.82, 2.24) is 19.6 Å². The van der Waals surface area contributed by atoms with Gasteiger partial charge < -0.3 is 30.5 Å². The van der Waals surface area contributed by atoms with Gasteiger partial charge in [-0.25, -0.2) is 9.78 Å². The molecule has 4 fully saturated rings. The molecule has 3 atom stereocenters. The summed E-state index contributed by atoms with van der Waals surface area (Å²) in [4.78, 5) is 54.8. The number of ether oxygens (including phenoxy) is 1. The Kier molecular flexibility index (Phi) is 6.96. The maximum atomic E-state index is 13.0. The first-order valence-electron chi connectivity index (χ1n) is 12.2. The van der Waals surface area contributed by atoms with Crippen LogP contribution in [0.15, 0.2) is 23.4 Å². The fourth-order valence-electron chi connectivity index (χ4n) is 5.76. The summed E-state index contributed by atoms with van der Waals surface area (Å²) in [5.74, 6) is -2.59. The third kappa shape index (κ3) is 4.46. The molecule has 2 bridgehead atoms. The number of β-lactam (4-membered cyclic amide) rings is 1. The number of rotatable bonds is 9. The number of carbonyl (C=O) groups excluding carboxylic acids is 2. The molecule has 6 heterocycles. The largest absolute Gasteiger partial charge is 0.481 e. The number of carboxylic acid groups (broad SMARTS) is 2. The minimum Gasteiger partial charge on any atom is -0.481 e. The zero-order chi connectivity index (χ0) is 27.2. The van der Waals surface area contributed by atoms with Crippen molar-refractivity contribution in [3.63, 3.8) is 0 Å². The van der Waals surface area contributed by atoms with E-state index in [1.165, 1.54) is 23.8 Å². The number of anilines is 1. The molecule has 5 N–H and O–H groups in total. The van der Waals surface area contributed by atoms with Crippen LogP contribution in [0.1, 0.15) is 31.2 Å². The first kappa shape index (κ1) is 26.6. The Morgan fingerprint density at radius 2 is 1.97 bits per heavy atom. The highest BCUT2D eigenvalue weighted by atomic mass is 32.2. The molecule has 6 rings (SSSR count). The Bertz CT molecular complexity index is 1220. The molecule has 15 heteroatoms. The number of thioether (sulfide) groups is 1. The average Bonchev–Trinajstić information content (AvgIpc) is 3.33. The molecule has 2 amide bonds. The lowest BCUT2D eigenvalue weighted by Gasteiger charge is -2.52. The summed E-state index contributed by atoms with van der Waals surface area (Å²) in [5.41, 5.74) is 5.45. The molecule has 1 unspecified atom stereocenters. The van der Waals surface area contributed by atoms with Crippen LogP contribution < -0.4 is 11.1 Å². The van der Waals surface area contributed by atoms with Gasteiger partial charge in [0.2, 0.25) is 0 Å². The highest BCUT2D eigenvalue weighted by Crippen LogP contribution is 2.44. The number of amides is 2. The zero-order valence-corrected chi connectivity index (χ0v) is 22.3. The summed E-state index contributed by atoms with van der Waals surface area (Å²) in [6, 6.07) is -0.907. The number of hydrogen-bond donors (Lipinski definition) is 4. The van der Waals surface area contributed by atoms with Gasteiger partial charge in [0, 0.05) is 43.7 Å². The predicted octanol–water partition coefficient (Wildman–Crippen LogP) is 0.188. The third-order valence-electron chi connectivity index (χ3n) is 8.12.